The molecule has 2 nitrogen and oxygen atoms in total. The molecule has 1 aliphatic rings. The molecule has 20 heavy (non-hydrogen) atoms. The second kappa shape index (κ2) is 5.25. The highest BCUT2D eigenvalue weighted by Crippen LogP contribution is 2.43. The topological polar surface area (TPSA) is 38.0 Å². The minimum Gasteiger partial charge on any atom is -0.389 e. The van der Waals surface area contributed by atoms with E-state index in [-0.39, 0.29) is 0 Å². The fourth-order valence-corrected chi connectivity index (χ4v) is 2.79. The highest BCUT2D eigenvalue weighted by Gasteiger charge is 2.38. The number of rotatable bonds is 4. The molecule has 0 spiro atoms. The van der Waals surface area contributed by atoms with Gasteiger partial charge in [0.1, 0.15) is 4.99 Å². The summed E-state index contributed by atoms with van der Waals surface area (Å²) in [5.41, 5.74) is 10.4. The smallest absolute Gasteiger partial charge is 0.106 e. The van der Waals surface area contributed by atoms with Crippen molar-refractivity contribution in [3.8, 4) is 0 Å². The number of aryl methyl sites for hydroxylation is 1. The predicted octanol–water partition coefficient (Wildman–Crippen LogP) is 3.60. The molecule has 1 fully saturated rings. The standard InChI is InChI=1S/C17H18N2S/c1-11-7-8-13(17(18)20)15(9-11)19-16-10-14(16)12-5-3-2-4-6-12/h2-9,14,16,19H,10H2,1H3,(H2,18,20). The van der Waals surface area contributed by atoms with Crippen LogP contribution in [0.2, 0.25) is 0 Å². The van der Waals surface area contributed by atoms with Crippen LogP contribution in [-0.2, 0) is 0 Å². The van der Waals surface area contributed by atoms with Crippen molar-refractivity contribution in [2.75, 3.05) is 5.32 Å². The summed E-state index contributed by atoms with van der Waals surface area (Å²) in [6.07, 6.45) is 1.16. The molecule has 1 aliphatic carbocycles. The summed E-state index contributed by atoms with van der Waals surface area (Å²) in [5.74, 6) is 0.593. The average molecular weight is 282 g/mol. The maximum Gasteiger partial charge on any atom is 0.106 e. The van der Waals surface area contributed by atoms with Gasteiger partial charge in [0.25, 0.3) is 0 Å². The first-order chi connectivity index (χ1) is 9.65. The number of thiocarbonyl (C=S) groups is 1. The van der Waals surface area contributed by atoms with E-state index in [4.69, 9.17) is 18.0 Å². The highest BCUT2D eigenvalue weighted by molar-refractivity contribution is 7.80. The van der Waals surface area contributed by atoms with Gasteiger partial charge in [-0.1, -0.05) is 48.6 Å². The van der Waals surface area contributed by atoms with Gasteiger partial charge >= 0.3 is 0 Å². The van der Waals surface area contributed by atoms with Crippen LogP contribution in [0.3, 0.4) is 0 Å². The number of anilines is 1. The first kappa shape index (κ1) is 13.1. The number of nitrogens with one attached hydrogen (secondary N) is 1. The van der Waals surface area contributed by atoms with Crippen molar-refractivity contribution < 1.29 is 0 Å². The molecule has 0 aromatic heterocycles. The van der Waals surface area contributed by atoms with Crippen LogP contribution in [0.25, 0.3) is 0 Å². The molecule has 3 rings (SSSR count). The van der Waals surface area contributed by atoms with Crippen LogP contribution in [0.1, 0.15) is 29.0 Å². The molecule has 0 radical (unpaired) electrons. The van der Waals surface area contributed by atoms with E-state index in [1.54, 1.807) is 0 Å². The van der Waals surface area contributed by atoms with Crippen molar-refractivity contribution in [1.29, 1.82) is 0 Å². The van der Waals surface area contributed by atoms with E-state index < -0.39 is 0 Å². The van der Waals surface area contributed by atoms with Gasteiger partial charge in [0.05, 0.1) is 0 Å². The van der Waals surface area contributed by atoms with E-state index in [1.165, 1.54) is 11.1 Å². The highest BCUT2D eigenvalue weighted by atomic mass is 32.1. The zero-order valence-corrected chi connectivity index (χ0v) is 12.3. The van der Waals surface area contributed by atoms with Gasteiger partial charge in [-0.3, -0.25) is 0 Å². The lowest BCUT2D eigenvalue weighted by Crippen LogP contribution is -2.14. The minimum atomic E-state index is 0.449. The van der Waals surface area contributed by atoms with Crippen LogP contribution >= 0.6 is 12.2 Å². The van der Waals surface area contributed by atoms with Gasteiger partial charge in [-0.25, -0.2) is 0 Å². The summed E-state index contributed by atoms with van der Waals surface area (Å²) in [6.45, 7) is 2.08. The third-order valence-electron chi connectivity index (χ3n) is 3.80. The Morgan fingerprint density at radius 3 is 2.65 bits per heavy atom. The van der Waals surface area contributed by atoms with Crippen molar-refractivity contribution in [2.24, 2.45) is 5.73 Å². The first-order valence-electron chi connectivity index (χ1n) is 6.87. The summed E-state index contributed by atoms with van der Waals surface area (Å²) >= 11 is 5.13. The Bertz CT molecular complexity index is 637. The average Bonchev–Trinajstić information content (AvgIpc) is 3.19. The quantitative estimate of drug-likeness (QED) is 0.842. The molecular formula is C17H18N2S. The van der Waals surface area contributed by atoms with Crippen molar-refractivity contribution in [1.82, 2.24) is 0 Å². The van der Waals surface area contributed by atoms with Gasteiger partial charge in [-0.2, -0.15) is 0 Å². The van der Waals surface area contributed by atoms with Crippen LogP contribution < -0.4 is 11.1 Å². The third-order valence-corrected chi connectivity index (χ3v) is 4.02. The summed E-state index contributed by atoms with van der Waals surface area (Å²) in [6, 6.07) is 17.3. The van der Waals surface area contributed by atoms with E-state index in [9.17, 15) is 0 Å². The van der Waals surface area contributed by atoms with E-state index >= 15 is 0 Å². The van der Waals surface area contributed by atoms with Crippen molar-refractivity contribution >= 4 is 22.9 Å². The molecule has 1 saturated carbocycles. The molecule has 2 atom stereocenters. The van der Waals surface area contributed by atoms with Gasteiger partial charge < -0.3 is 11.1 Å². The van der Waals surface area contributed by atoms with Crippen LogP contribution in [0.15, 0.2) is 48.5 Å². The molecule has 0 heterocycles. The fraction of sp³-hybridized carbons (Fsp3) is 0.235. The van der Waals surface area contributed by atoms with Crippen LogP contribution in [-0.4, -0.2) is 11.0 Å². The summed E-state index contributed by atoms with van der Waals surface area (Å²) in [7, 11) is 0. The number of nitrogens with two attached hydrogens (primary N) is 1. The molecular weight excluding hydrogens is 264 g/mol. The van der Waals surface area contributed by atoms with E-state index in [0.717, 1.165) is 17.7 Å². The Morgan fingerprint density at radius 1 is 1.20 bits per heavy atom. The summed E-state index contributed by atoms with van der Waals surface area (Å²) in [5, 5.41) is 3.59. The lowest BCUT2D eigenvalue weighted by Gasteiger charge is -2.12. The molecule has 0 aliphatic heterocycles. The Morgan fingerprint density at radius 2 is 1.95 bits per heavy atom. The predicted molar refractivity (Wildman–Crippen MR) is 88.3 cm³/mol. The van der Waals surface area contributed by atoms with E-state index in [1.807, 2.05) is 12.1 Å². The molecule has 2 aromatic carbocycles. The fourth-order valence-electron chi connectivity index (χ4n) is 2.62. The normalized spacial score (nSPS) is 20.4. The van der Waals surface area contributed by atoms with Crippen molar-refractivity contribution in [3.63, 3.8) is 0 Å². The minimum absolute atomic E-state index is 0.449. The van der Waals surface area contributed by atoms with Crippen molar-refractivity contribution in [2.45, 2.75) is 25.3 Å². The molecule has 0 bridgehead atoms. The maximum atomic E-state index is 5.80. The second-order valence-corrected chi connectivity index (χ2v) is 5.86. The van der Waals surface area contributed by atoms with Crippen molar-refractivity contribution in [3.05, 3.63) is 65.2 Å². The van der Waals surface area contributed by atoms with Crippen LogP contribution in [0, 0.1) is 6.92 Å². The largest absolute Gasteiger partial charge is 0.389 e. The SMILES string of the molecule is Cc1ccc(C(N)=S)c(NC2CC2c2ccccc2)c1. The Balaban J connectivity index is 1.77. The summed E-state index contributed by atoms with van der Waals surface area (Å²) in [4.78, 5) is 0.449. The van der Waals surface area contributed by atoms with E-state index in [2.05, 4.69) is 48.6 Å². The zero-order valence-electron chi connectivity index (χ0n) is 11.5. The lowest BCUT2D eigenvalue weighted by molar-refractivity contribution is 1.04. The molecule has 3 N–H and O–H groups in total. The van der Waals surface area contributed by atoms with Gasteiger partial charge in [-0.05, 0) is 36.6 Å². The number of hydrogen-bond acceptors (Lipinski definition) is 2. The molecule has 102 valence electrons. The van der Waals surface area contributed by atoms with Gasteiger partial charge in [0, 0.05) is 23.2 Å². The molecule has 0 saturated heterocycles. The molecule has 2 aromatic rings. The monoisotopic (exact) mass is 282 g/mol. The van der Waals surface area contributed by atoms with Gasteiger partial charge in [-0.15, -0.1) is 0 Å². The van der Waals surface area contributed by atoms with Gasteiger partial charge in [0.2, 0.25) is 0 Å². The Kier molecular flexibility index (Phi) is 3.45. The lowest BCUT2D eigenvalue weighted by atomic mass is 10.1. The number of benzene rings is 2. The zero-order chi connectivity index (χ0) is 14.1. The third kappa shape index (κ3) is 2.68. The second-order valence-electron chi connectivity index (χ2n) is 5.42. The molecule has 3 heteroatoms. The van der Waals surface area contributed by atoms with Crippen LogP contribution in [0.4, 0.5) is 5.69 Å². The maximum absolute atomic E-state index is 5.80. The first-order valence-corrected chi connectivity index (χ1v) is 7.28. The Hall–Kier alpha value is -1.87. The molecule has 2 unspecified atom stereocenters. The Labute approximate surface area is 125 Å². The number of hydrogen-bond donors (Lipinski definition) is 2. The molecule has 0 amide bonds. The van der Waals surface area contributed by atoms with Crippen LogP contribution in [0.5, 0.6) is 0 Å². The van der Waals surface area contributed by atoms with E-state index in [0.29, 0.717) is 16.9 Å². The summed E-state index contributed by atoms with van der Waals surface area (Å²) < 4.78 is 0. The van der Waals surface area contributed by atoms with Gasteiger partial charge in [0.15, 0.2) is 0 Å².